The Balaban J connectivity index is 2.40. The van der Waals surface area contributed by atoms with Gasteiger partial charge < -0.3 is 9.53 Å². The third-order valence-corrected chi connectivity index (χ3v) is 10.7. The van der Waals surface area contributed by atoms with Crippen LogP contribution in [0.15, 0.2) is 24.8 Å². The molecule has 0 aromatic carbocycles. The molecular formula is C17H28O3Si. The second-order valence-corrected chi connectivity index (χ2v) is 11.3. The molecule has 0 radical (unpaired) electrons. The first kappa shape index (κ1) is 16.5. The summed E-state index contributed by atoms with van der Waals surface area (Å²) >= 11 is 0. The lowest BCUT2D eigenvalue weighted by atomic mass is 9.85. The van der Waals surface area contributed by atoms with Crippen LogP contribution in [0.3, 0.4) is 0 Å². The molecule has 1 fully saturated rings. The van der Waals surface area contributed by atoms with Crippen molar-refractivity contribution in [2.75, 3.05) is 0 Å². The van der Waals surface area contributed by atoms with E-state index in [0.29, 0.717) is 0 Å². The molecule has 0 saturated heterocycles. The molecule has 1 saturated carbocycles. The molecule has 0 amide bonds. The number of fused-ring (bicyclic) bond motifs is 2. The highest BCUT2D eigenvalue weighted by Gasteiger charge is 2.63. The van der Waals surface area contributed by atoms with Gasteiger partial charge in [-0.05, 0) is 24.1 Å². The van der Waals surface area contributed by atoms with Crippen LogP contribution in [0.5, 0.6) is 0 Å². The highest BCUT2D eigenvalue weighted by molar-refractivity contribution is 6.73. The molecule has 2 rings (SSSR count). The molecule has 0 heterocycles. The molecule has 5 atom stereocenters. The summed E-state index contributed by atoms with van der Waals surface area (Å²) in [5.41, 5.74) is -0.489. The summed E-state index contributed by atoms with van der Waals surface area (Å²) in [7, 11) is -1.82. The van der Waals surface area contributed by atoms with Gasteiger partial charge in [-0.1, -0.05) is 45.9 Å². The Morgan fingerprint density at radius 3 is 2.19 bits per heavy atom. The van der Waals surface area contributed by atoms with E-state index in [9.17, 15) is 9.90 Å². The zero-order valence-corrected chi connectivity index (χ0v) is 14.6. The molecule has 0 spiro atoms. The molecule has 0 aromatic heterocycles. The van der Waals surface area contributed by atoms with Gasteiger partial charge in [0.15, 0.2) is 8.32 Å². The van der Waals surface area contributed by atoms with Gasteiger partial charge in [-0.25, -0.2) is 0 Å². The molecule has 0 aromatic rings. The minimum absolute atomic E-state index is 0.0657. The molecule has 0 unspecified atom stereocenters. The predicted octanol–water partition coefficient (Wildman–Crippen LogP) is 4.09. The van der Waals surface area contributed by atoms with Crippen LogP contribution in [-0.4, -0.2) is 25.0 Å². The number of rotatable bonds is 7. The third kappa shape index (κ3) is 2.23. The lowest BCUT2D eigenvalue weighted by Crippen LogP contribution is -2.50. The first-order chi connectivity index (χ1) is 9.91. The molecule has 21 heavy (non-hydrogen) atoms. The number of hydrogen-bond acceptors (Lipinski definition) is 2. The standard InChI is InChI=1S/C17H28O3Si/c1-6-17(20-21(7-2,8-3)9-4)13-10-11-14(17)15(12(13)5)16(18)19/h6,10-15H,1,7-9H2,2-5H3,(H,18,19)/t12-,13-,14+,15+,17+/m1/s1. The number of aliphatic carboxylic acids is 1. The fraction of sp³-hybridized carbons (Fsp3) is 0.706. The van der Waals surface area contributed by atoms with Crippen molar-refractivity contribution in [1.29, 1.82) is 0 Å². The van der Waals surface area contributed by atoms with Gasteiger partial charge in [0.2, 0.25) is 0 Å². The fourth-order valence-electron chi connectivity index (χ4n) is 4.47. The summed E-state index contributed by atoms with van der Waals surface area (Å²) in [4.78, 5) is 11.7. The molecular weight excluding hydrogens is 280 g/mol. The summed E-state index contributed by atoms with van der Waals surface area (Å²) in [6.07, 6.45) is 6.13. The van der Waals surface area contributed by atoms with Gasteiger partial charge in [0.05, 0.1) is 11.5 Å². The smallest absolute Gasteiger partial charge is 0.307 e. The van der Waals surface area contributed by atoms with Crippen molar-refractivity contribution in [3.8, 4) is 0 Å². The zero-order chi connectivity index (χ0) is 15.8. The lowest BCUT2D eigenvalue weighted by Gasteiger charge is -2.42. The maximum atomic E-state index is 11.7. The van der Waals surface area contributed by atoms with Gasteiger partial charge in [-0.2, -0.15) is 0 Å². The number of carboxylic acid groups (broad SMARTS) is 1. The quantitative estimate of drug-likeness (QED) is 0.569. The highest BCUT2D eigenvalue weighted by atomic mass is 28.4. The Kier molecular flexibility index (Phi) is 4.50. The Hall–Kier alpha value is -0.873. The van der Waals surface area contributed by atoms with Crippen LogP contribution in [0.25, 0.3) is 0 Å². The van der Waals surface area contributed by atoms with Crippen molar-refractivity contribution >= 4 is 14.3 Å². The zero-order valence-electron chi connectivity index (χ0n) is 13.6. The van der Waals surface area contributed by atoms with Gasteiger partial charge in [-0.3, -0.25) is 4.79 Å². The van der Waals surface area contributed by atoms with E-state index in [4.69, 9.17) is 4.43 Å². The monoisotopic (exact) mass is 308 g/mol. The van der Waals surface area contributed by atoms with E-state index >= 15 is 0 Å². The molecule has 4 heteroatoms. The molecule has 1 N–H and O–H groups in total. The molecule has 118 valence electrons. The van der Waals surface area contributed by atoms with Crippen LogP contribution in [0.4, 0.5) is 0 Å². The average molecular weight is 308 g/mol. The summed E-state index contributed by atoms with van der Waals surface area (Å²) in [5.74, 6) is -0.865. The van der Waals surface area contributed by atoms with Crippen molar-refractivity contribution in [1.82, 2.24) is 0 Å². The van der Waals surface area contributed by atoms with E-state index in [-0.39, 0.29) is 23.7 Å². The highest BCUT2D eigenvalue weighted by Crippen LogP contribution is 2.58. The summed E-state index contributed by atoms with van der Waals surface area (Å²) in [5, 5.41) is 9.59. The van der Waals surface area contributed by atoms with Crippen molar-refractivity contribution in [3.63, 3.8) is 0 Å². The molecule has 0 aliphatic heterocycles. The normalized spacial score (nSPS) is 37.9. The van der Waals surface area contributed by atoms with Gasteiger partial charge >= 0.3 is 5.97 Å². The van der Waals surface area contributed by atoms with Gasteiger partial charge in [0.1, 0.15) is 0 Å². The van der Waals surface area contributed by atoms with Crippen molar-refractivity contribution < 1.29 is 14.3 Å². The van der Waals surface area contributed by atoms with Crippen LogP contribution < -0.4 is 0 Å². The largest absolute Gasteiger partial charge is 0.481 e. The Labute approximate surface area is 129 Å². The van der Waals surface area contributed by atoms with Crippen LogP contribution >= 0.6 is 0 Å². The van der Waals surface area contributed by atoms with Gasteiger partial charge in [-0.15, -0.1) is 6.58 Å². The summed E-state index contributed by atoms with van der Waals surface area (Å²) < 4.78 is 6.82. The summed E-state index contributed by atoms with van der Waals surface area (Å²) in [6.45, 7) is 12.7. The fourth-order valence-corrected chi connectivity index (χ4v) is 7.51. The van der Waals surface area contributed by atoms with Crippen molar-refractivity contribution in [3.05, 3.63) is 24.8 Å². The van der Waals surface area contributed by atoms with Crippen molar-refractivity contribution in [2.24, 2.45) is 23.7 Å². The lowest BCUT2D eigenvalue weighted by molar-refractivity contribution is -0.144. The number of carboxylic acids is 1. The van der Waals surface area contributed by atoms with E-state index in [2.05, 4.69) is 39.5 Å². The van der Waals surface area contributed by atoms with E-state index < -0.39 is 19.9 Å². The maximum Gasteiger partial charge on any atom is 0.307 e. The van der Waals surface area contributed by atoms with Crippen LogP contribution in [0.2, 0.25) is 18.1 Å². The average Bonchev–Trinajstić information content (AvgIpc) is 2.94. The van der Waals surface area contributed by atoms with Crippen LogP contribution in [-0.2, 0) is 9.22 Å². The first-order valence-electron chi connectivity index (χ1n) is 8.16. The molecule has 3 nitrogen and oxygen atoms in total. The molecule has 2 aliphatic rings. The van der Waals surface area contributed by atoms with E-state index in [0.717, 1.165) is 18.1 Å². The van der Waals surface area contributed by atoms with E-state index in [1.165, 1.54) is 0 Å². The van der Waals surface area contributed by atoms with E-state index in [1.54, 1.807) is 0 Å². The number of carbonyl (C=O) groups is 1. The first-order valence-corrected chi connectivity index (χ1v) is 10.7. The van der Waals surface area contributed by atoms with Gasteiger partial charge in [0, 0.05) is 11.8 Å². The Morgan fingerprint density at radius 1 is 1.29 bits per heavy atom. The molecule has 2 aliphatic carbocycles. The molecule has 2 bridgehead atoms. The topological polar surface area (TPSA) is 46.5 Å². The van der Waals surface area contributed by atoms with Crippen LogP contribution in [0.1, 0.15) is 27.7 Å². The third-order valence-electron chi connectivity index (χ3n) is 6.02. The summed E-state index contributed by atoms with van der Waals surface area (Å²) in [6, 6.07) is 3.21. The Bertz CT molecular complexity index is 447. The maximum absolute atomic E-state index is 11.7. The minimum atomic E-state index is -1.82. The van der Waals surface area contributed by atoms with E-state index in [1.807, 2.05) is 13.0 Å². The van der Waals surface area contributed by atoms with Crippen molar-refractivity contribution in [2.45, 2.75) is 51.4 Å². The van der Waals surface area contributed by atoms with Crippen LogP contribution in [0, 0.1) is 23.7 Å². The Morgan fingerprint density at radius 2 is 1.81 bits per heavy atom. The SMILES string of the molecule is C=C[C@]1(O[Si](CC)(CC)CC)[C@@H]2C=C[C@H]1[C@@H](C(=O)O)[C@@H]2C. The van der Waals surface area contributed by atoms with Gasteiger partial charge in [0.25, 0.3) is 0 Å². The predicted molar refractivity (Wildman–Crippen MR) is 87.6 cm³/mol. The minimum Gasteiger partial charge on any atom is -0.481 e. The second kappa shape index (κ2) is 5.73. The number of hydrogen-bond donors (Lipinski definition) is 1. The second-order valence-electron chi connectivity index (χ2n) is 6.56.